The molecule has 0 spiro atoms. The lowest BCUT2D eigenvalue weighted by Crippen LogP contribution is -2.10. The van der Waals surface area contributed by atoms with Gasteiger partial charge in [0.1, 0.15) is 6.10 Å². The smallest absolute Gasteiger partial charge is 0.231 e. The second kappa shape index (κ2) is 5.51. The Kier molecular flexibility index (Phi) is 3.70. The average Bonchev–Trinajstić information content (AvgIpc) is 2.80. The summed E-state index contributed by atoms with van der Waals surface area (Å²) in [6.45, 7) is 1.99. The molecule has 1 amide bonds. The van der Waals surface area contributed by atoms with Crippen molar-refractivity contribution in [3.8, 4) is 0 Å². The zero-order chi connectivity index (χ0) is 15.0. The van der Waals surface area contributed by atoms with E-state index in [-0.39, 0.29) is 11.8 Å². The highest BCUT2D eigenvalue weighted by Gasteiger charge is 2.29. The van der Waals surface area contributed by atoms with Crippen LogP contribution in [0.1, 0.15) is 42.1 Å². The van der Waals surface area contributed by atoms with Crippen LogP contribution < -0.4 is 5.32 Å². The van der Waals surface area contributed by atoms with Gasteiger partial charge in [-0.2, -0.15) is 0 Å². The van der Waals surface area contributed by atoms with Crippen molar-refractivity contribution in [1.82, 2.24) is 0 Å². The number of benzene rings is 2. The van der Waals surface area contributed by atoms with Gasteiger partial charge < -0.3 is 10.4 Å². The van der Waals surface area contributed by atoms with Gasteiger partial charge in [0, 0.05) is 10.7 Å². The van der Waals surface area contributed by atoms with Crippen LogP contribution in [0, 0.1) is 0 Å². The number of aliphatic hydroxyl groups is 1. The van der Waals surface area contributed by atoms with Gasteiger partial charge in [0.2, 0.25) is 5.91 Å². The van der Waals surface area contributed by atoms with E-state index in [1.807, 2.05) is 37.3 Å². The molecular weight excluding hydrogens is 286 g/mol. The summed E-state index contributed by atoms with van der Waals surface area (Å²) < 4.78 is 0. The highest BCUT2D eigenvalue weighted by molar-refractivity contribution is 6.30. The topological polar surface area (TPSA) is 49.3 Å². The largest absolute Gasteiger partial charge is 0.384 e. The Bertz CT molecular complexity index is 699. The molecule has 0 aromatic heterocycles. The third kappa shape index (κ3) is 2.55. The van der Waals surface area contributed by atoms with E-state index < -0.39 is 6.10 Å². The first kappa shape index (κ1) is 14.1. The zero-order valence-electron chi connectivity index (χ0n) is 11.6. The molecule has 3 nitrogen and oxygen atoms in total. The standard InChI is InChI=1S/C17H16ClNO2/c1-2-13-14-9-11(6-7-15(14)19-17(13)21)16(20)10-4-3-5-12(18)8-10/h3-9,13,16,20H,2H2,1H3,(H,19,21). The molecular formula is C17H16ClNO2. The van der Waals surface area contributed by atoms with Crippen LogP contribution in [0.3, 0.4) is 0 Å². The molecule has 2 aromatic rings. The van der Waals surface area contributed by atoms with Gasteiger partial charge in [0.25, 0.3) is 0 Å². The van der Waals surface area contributed by atoms with Gasteiger partial charge in [0.05, 0.1) is 5.92 Å². The molecule has 2 unspecified atom stereocenters. The molecule has 21 heavy (non-hydrogen) atoms. The third-order valence-corrected chi connectivity index (χ3v) is 4.15. The first-order valence-corrected chi connectivity index (χ1v) is 7.36. The minimum atomic E-state index is -0.748. The van der Waals surface area contributed by atoms with E-state index in [0.29, 0.717) is 5.02 Å². The number of halogens is 1. The summed E-state index contributed by atoms with van der Waals surface area (Å²) in [5.41, 5.74) is 3.31. The summed E-state index contributed by atoms with van der Waals surface area (Å²) in [5.74, 6) is -0.103. The Balaban J connectivity index is 1.98. The van der Waals surface area contributed by atoms with Gasteiger partial charge in [-0.25, -0.2) is 0 Å². The monoisotopic (exact) mass is 301 g/mol. The second-order valence-corrected chi connectivity index (χ2v) is 5.69. The van der Waals surface area contributed by atoms with Crippen molar-refractivity contribution >= 4 is 23.2 Å². The molecule has 0 aliphatic carbocycles. The van der Waals surface area contributed by atoms with Gasteiger partial charge in [-0.3, -0.25) is 4.79 Å². The molecule has 0 saturated carbocycles. The fraction of sp³-hybridized carbons (Fsp3) is 0.235. The van der Waals surface area contributed by atoms with Crippen molar-refractivity contribution in [1.29, 1.82) is 0 Å². The Morgan fingerprint density at radius 2 is 2.00 bits per heavy atom. The van der Waals surface area contributed by atoms with Crippen LogP contribution >= 0.6 is 11.6 Å². The van der Waals surface area contributed by atoms with Crippen molar-refractivity contribution in [2.24, 2.45) is 0 Å². The third-order valence-electron chi connectivity index (χ3n) is 3.91. The number of hydrogen-bond donors (Lipinski definition) is 2. The van der Waals surface area contributed by atoms with Crippen molar-refractivity contribution in [2.75, 3.05) is 5.32 Å². The van der Waals surface area contributed by atoms with Gasteiger partial charge in [-0.15, -0.1) is 0 Å². The maximum Gasteiger partial charge on any atom is 0.231 e. The van der Waals surface area contributed by atoms with E-state index >= 15 is 0 Å². The first-order valence-electron chi connectivity index (χ1n) is 6.98. The molecule has 1 aliphatic rings. The molecule has 2 N–H and O–H groups in total. The second-order valence-electron chi connectivity index (χ2n) is 5.25. The predicted octanol–water partition coefficient (Wildman–Crippen LogP) is 3.87. The molecule has 0 radical (unpaired) electrons. The number of anilines is 1. The van der Waals surface area contributed by atoms with Crippen molar-refractivity contribution in [3.05, 3.63) is 64.2 Å². The molecule has 108 valence electrons. The quantitative estimate of drug-likeness (QED) is 0.904. The normalized spacial score (nSPS) is 18.2. The Labute approximate surface area is 128 Å². The fourth-order valence-corrected chi connectivity index (χ4v) is 2.99. The summed E-state index contributed by atoms with van der Waals surface area (Å²) in [4.78, 5) is 11.9. The highest BCUT2D eigenvalue weighted by atomic mass is 35.5. The van der Waals surface area contributed by atoms with Gasteiger partial charge in [-0.05, 0) is 47.4 Å². The average molecular weight is 302 g/mol. The van der Waals surface area contributed by atoms with Crippen molar-refractivity contribution in [2.45, 2.75) is 25.4 Å². The lowest BCUT2D eigenvalue weighted by Gasteiger charge is -2.14. The van der Waals surface area contributed by atoms with E-state index in [2.05, 4.69) is 5.32 Å². The van der Waals surface area contributed by atoms with Gasteiger partial charge >= 0.3 is 0 Å². The molecule has 2 aromatic carbocycles. The maximum atomic E-state index is 11.9. The summed E-state index contributed by atoms with van der Waals surface area (Å²) in [5, 5.41) is 14.0. The van der Waals surface area contributed by atoms with Crippen LogP contribution in [0.25, 0.3) is 0 Å². The lowest BCUT2D eigenvalue weighted by atomic mass is 9.93. The Morgan fingerprint density at radius 3 is 2.71 bits per heavy atom. The molecule has 1 heterocycles. The van der Waals surface area contributed by atoms with Crippen molar-refractivity contribution in [3.63, 3.8) is 0 Å². The predicted molar refractivity (Wildman–Crippen MR) is 83.6 cm³/mol. The molecule has 4 heteroatoms. The summed E-state index contributed by atoms with van der Waals surface area (Å²) in [6.07, 6.45) is -0.00237. The fourth-order valence-electron chi connectivity index (χ4n) is 2.79. The van der Waals surface area contributed by atoms with Crippen molar-refractivity contribution < 1.29 is 9.90 Å². The number of fused-ring (bicyclic) bond motifs is 1. The van der Waals surface area contributed by atoms with E-state index in [1.54, 1.807) is 12.1 Å². The summed E-state index contributed by atoms with van der Waals surface area (Å²) in [7, 11) is 0. The molecule has 3 rings (SSSR count). The number of hydrogen-bond acceptors (Lipinski definition) is 2. The number of carbonyl (C=O) groups is 1. The summed E-state index contributed by atoms with van der Waals surface area (Å²) in [6, 6.07) is 12.8. The molecule has 0 fully saturated rings. The van der Waals surface area contributed by atoms with E-state index in [1.165, 1.54) is 0 Å². The molecule has 2 atom stereocenters. The van der Waals surface area contributed by atoms with Crippen LogP contribution in [0.5, 0.6) is 0 Å². The number of amides is 1. The Hall–Kier alpha value is -1.84. The molecule has 1 aliphatic heterocycles. The van der Waals surface area contributed by atoms with E-state index in [0.717, 1.165) is 28.8 Å². The van der Waals surface area contributed by atoms with Gasteiger partial charge in [-0.1, -0.05) is 36.7 Å². The van der Waals surface area contributed by atoms with Gasteiger partial charge in [0.15, 0.2) is 0 Å². The summed E-state index contributed by atoms with van der Waals surface area (Å²) >= 11 is 5.97. The first-order chi connectivity index (χ1) is 10.1. The van der Waals surface area contributed by atoms with Crippen LogP contribution in [0.4, 0.5) is 5.69 Å². The van der Waals surface area contributed by atoms with Crippen LogP contribution in [-0.2, 0) is 4.79 Å². The zero-order valence-corrected chi connectivity index (χ0v) is 12.4. The van der Waals surface area contributed by atoms with E-state index in [9.17, 15) is 9.90 Å². The van der Waals surface area contributed by atoms with E-state index in [4.69, 9.17) is 11.6 Å². The number of rotatable bonds is 3. The van der Waals surface area contributed by atoms with Crippen LogP contribution in [0.15, 0.2) is 42.5 Å². The molecule has 0 saturated heterocycles. The van der Waals surface area contributed by atoms with Crippen LogP contribution in [0.2, 0.25) is 5.02 Å². The number of aliphatic hydroxyl groups excluding tert-OH is 1. The SMILES string of the molecule is CCC1C(=O)Nc2ccc(C(O)c3cccc(Cl)c3)cc21. The Morgan fingerprint density at radius 1 is 1.24 bits per heavy atom. The van der Waals surface area contributed by atoms with Crippen LogP contribution in [-0.4, -0.2) is 11.0 Å². The highest BCUT2D eigenvalue weighted by Crippen LogP contribution is 2.37. The molecule has 0 bridgehead atoms. The lowest BCUT2D eigenvalue weighted by molar-refractivity contribution is -0.117. The maximum absolute atomic E-state index is 11.9. The minimum absolute atomic E-state index is 0.0295. The number of nitrogens with one attached hydrogen (secondary N) is 1. The number of carbonyl (C=O) groups excluding carboxylic acids is 1. The minimum Gasteiger partial charge on any atom is -0.384 e.